The van der Waals surface area contributed by atoms with Gasteiger partial charge in [-0.1, -0.05) is 48.5 Å². The molecule has 0 aliphatic carbocycles. The number of anilines is 1. The molecular formula is C36H36N4O4S. The summed E-state index contributed by atoms with van der Waals surface area (Å²) in [6.45, 7) is 8.20. The minimum Gasteiger partial charge on any atom is -0.497 e. The average molecular weight is 621 g/mol. The van der Waals surface area contributed by atoms with Crippen molar-refractivity contribution in [3.05, 3.63) is 142 Å². The van der Waals surface area contributed by atoms with Gasteiger partial charge in [0.1, 0.15) is 5.75 Å². The van der Waals surface area contributed by atoms with Crippen molar-refractivity contribution >= 4 is 27.8 Å². The Labute approximate surface area is 264 Å². The first kappa shape index (κ1) is 31.3. The Morgan fingerprint density at radius 3 is 2.18 bits per heavy atom. The van der Waals surface area contributed by atoms with Gasteiger partial charge in [-0.25, -0.2) is 13.8 Å². The van der Waals surface area contributed by atoms with E-state index in [0.717, 1.165) is 28.2 Å². The molecule has 0 aliphatic heterocycles. The Bertz CT molecular complexity index is 1940. The lowest BCUT2D eigenvalue weighted by Gasteiger charge is -2.26. The minimum absolute atomic E-state index is 0.0210. The van der Waals surface area contributed by atoms with Crippen LogP contribution in [0.3, 0.4) is 0 Å². The van der Waals surface area contributed by atoms with E-state index in [1.807, 2.05) is 50.2 Å². The molecule has 1 heterocycles. The predicted octanol–water partition coefficient (Wildman–Crippen LogP) is 6.88. The number of hydrazone groups is 1. The number of hydrogen-bond acceptors (Lipinski definition) is 5. The fourth-order valence-electron chi connectivity index (χ4n) is 5.42. The van der Waals surface area contributed by atoms with Crippen molar-refractivity contribution in [1.29, 1.82) is 0 Å². The van der Waals surface area contributed by atoms with Crippen LogP contribution >= 0.6 is 0 Å². The van der Waals surface area contributed by atoms with Crippen molar-refractivity contribution in [3.63, 3.8) is 0 Å². The molecule has 9 heteroatoms. The van der Waals surface area contributed by atoms with Crippen molar-refractivity contribution < 1.29 is 17.9 Å². The second kappa shape index (κ2) is 13.2. The molecule has 0 spiro atoms. The average Bonchev–Trinajstić information content (AvgIpc) is 3.31. The van der Waals surface area contributed by atoms with Gasteiger partial charge in [-0.05, 0) is 99.0 Å². The summed E-state index contributed by atoms with van der Waals surface area (Å²) in [5.41, 5.74) is 10.1. The normalized spacial score (nSPS) is 11.5. The van der Waals surface area contributed by atoms with Crippen LogP contribution in [0.2, 0.25) is 0 Å². The number of nitrogens with one attached hydrogen (secondary N) is 1. The van der Waals surface area contributed by atoms with Crippen LogP contribution in [0.15, 0.2) is 113 Å². The van der Waals surface area contributed by atoms with Gasteiger partial charge < -0.3 is 9.30 Å². The van der Waals surface area contributed by atoms with Crippen LogP contribution in [0.4, 0.5) is 5.69 Å². The molecule has 5 rings (SSSR count). The molecule has 0 saturated carbocycles. The van der Waals surface area contributed by atoms with Gasteiger partial charge in [0, 0.05) is 22.6 Å². The number of amides is 1. The molecule has 0 atom stereocenters. The van der Waals surface area contributed by atoms with Gasteiger partial charge in [0.25, 0.3) is 15.9 Å². The Balaban J connectivity index is 1.46. The van der Waals surface area contributed by atoms with Crippen LogP contribution in [0.25, 0.3) is 5.69 Å². The molecule has 0 saturated heterocycles. The number of benzene rings is 4. The zero-order valence-electron chi connectivity index (χ0n) is 26.0. The highest BCUT2D eigenvalue weighted by Crippen LogP contribution is 2.30. The molecular weight excluding hydrogens is 584 g/mol. The van der Waals surface area contributed by atoms with Gasteiger partial charge in [-0.2, -0.15) is 5.10 Å². The van der Waals surface area contributed by atoms with Gasteiger partial charge in [-0.3, -0.25) is 9.10 Å². The van der Waals surface area contributed by atoms with Crippen LogP contribution in [0, 0.1) is 27.7 Å². The number of rotatable bonds is 10. The summed E-state index contributed by atoms with van der Waals surface area (Å²) in [5.74, 6) is 0.00364. The van der Waals surface area contributed by atoms with Crippen molar-refractivity contribution in [2.24, 2.45) is 5.10 Å². The van der Waals surface area contributed by atoms with Crippen LogP contribution in [-0.2, 0) is 16.6 Å². The van der Waals surface area contributed by atoms with Crippen molar-refractivity contribution in [1.82, 2.24) is 9.99 Å². The summed E-state index contributed by atoms with van der Waals surface area (Å²) < 4.78 is 36.7. The molecule has 0 aliphatic rings. The summed E-state index contributed by atoms with van der Waals surface area (Å²) in [6.07, 6.45) is 1.61. The van der Waals surface area contributed by atoms with E-state index in [1.54, 1.807) is 42.6 Å². The summed E-state index contributed by atoms with van der Waals surface area (Å²) in [6, 6.07) is 30.5. The number of nitrogens with zero attached hydrogens (tertiary/aromatic N) is 3. The molecule has 0 unspecified atom stereocenters. The van der Waals surface area contributed by atoms with E-state index in [2.05, 4.69) is 47.1 Å². The van der Waals surface area contributed by atoms with Crippen LogP contribution in [0.1, 0.15) is 44.0 Å². The minimum atomic E-state index is -4.08. The van der Waals surface area contributed by atoms with Crippen molar-refractivity contribution in [2.45, 2.75) is 39.1 Å². The van der Waals surface area contributed by atoms with Crippen LogP contribution in [0.5, 0.6) is 5.75 Å². The zero-order chi connectivity index (χ0) is 32.1. The molecule has 8 nitrogen and oxygen atoms in total. The lowest BCUT2D eigenvalue weighted by Crippen LogP contribution is -2.33. The Morgan fingerprint density at radius 1 is 0.867 bits per heavy atom. The number of para-hydroxylation sites is 1. The molecule has 0 bridgehead atoms. The second-order valence-electron chi connectivity index (χ2n) is 10.9. The van der Waals surface area contributed by atoms with E-state index in [9.17, 15) is 13.2 Å². The third-order valence-electron chi connectivity index (χ3n) is 7.54. The Kier molecular flexibility index (Phi) is 9.20. The SMILES string of the molecule is COc1ccc(S(=O)(=O)N(Cc2ccccc2)c2ccccc2C(=O)N/N=C\c2cc(C)n(-c3cc(C)cc(C)c3)c2C)cc1. The maximum absolute atomic E-state index is 14.1. The molecule has 1 aromatic heterocycles. The standard InChI is InChI=1S/C36H36N4O4S/c1-25-19-26(2)21-31(20-25)40-27(3)22-30(28(40)4)23-37-38-36(41)34-13-9-10-14-35(34)39(24-29-11-7-6-8-12-29)45(42,43)33-17-15-32(44-5)16-18-33/h6-23H,24H2,1-5H3,(H,38,41)/b37-23-. The number of carbonyl (C=O) groups is 1. The maximum Gasteiger partial charge on any atom is 0.273 e. The second-order valence-corrected chi connectivity index (χ2v) is 12.8. The molecule has 5 aromatic rings. The third kappa shape index (κ3) is 6.84. The number of hydrogen-bond donors (Lipinski definition) is 1. The highest BCUT2D eigenvalue weighted by Gasteiger charge is 2.28. The molecule has 1 N–H and O–H groups in total. The van der Waals surface area contributed by atoms with E-state index in [-0.39, 0.29) is 22.7 Å². The maximum atomic E-state index is 14.1. The number of methoxy groups -OCH3 is 1. The Hall–Kier alpha value is -5.15. The molecule has 230 valence electrons. The predicted molar refractivity (Wildman–Crippen MR) is 179 cm³/mol. The largest absolute Gasteiger partial charge is 0.497 e. The van der Waals surface area contributed by atoms with Crippen LogP contribution in [-0.4, -0.2) is 32.2 Å². The van der Waals surface area contributed by atoms with E-state index in [4.69, 9.17) is 4.74 Å². The highest BCUT2D eigenvalue weighted by atomic mass is 32.2. The summed E-state index contributed by atoms with van der Waals surface area (Å²) in [7, 11) is -2.56. The smallest absolute Gasteiger partial charge is 0.273 e. The van der Waals surface area contributed by atoms with E-state index in [1.165, 1.54) is 34.7 Å². The van der Waals surface area contributed by atoms with Gasteiger partial charge in [0.15, 0.2) is 0 Å². The van der Waals surface area contributed by atoms with E-state index < -0.39 is 15.9 Å². The van der Waals surface area contributed by atoms with Gasteiger partial charge >= 0.3 is 0 Å². The van der Waals surface area contributed by atoms with Crippen molar-refractivity contribution in [2.75, 3.05) is 11.4 Å². The third-order valence-corrected chi connectivity index (χ3v) is 9.31. The van der Waals surface area contributed by atoms with Gasteiger partial charge in [-0.15, -0.1) is 0 Å². The summed E-state index contributed by atoms with van der Waals surface area (Å²) >= 11 is 0. The first-order chi connectivity index (χ1) is 21.6. The lowest BCUT2D eigenvalue weighted by atomic mass is 10.1. The number of sulfonamides is 1. The fourth-order valence-corrected chi connectivity index (χ4v) is 6.89. The zero-order valence-corrected chi connectivity index (χ0v) is 26.8. The van der Waals surface area contributed by atoms with E-state index in [0.29, 0.717) is 5.75 Å². The number of aromatic nitrogens is 1. The Morgan fingerprint density at radius 2 is 1.51 bits per heavy atom. The molecule has 4 aromatic carbocycles. The van der Waals surface area contributed by atoms with Crippen molar-refractivity contribution in [3.8, 4) is 11.4 Å². The fraction of sp³-hybridized carbons (Fsp3) is 0.167. The molecule has 45 heavy (non-hydrogen) atoms. The first-order valence-electron chi connectivity index (χ1n) is 14.5. The summed E-state index contributed by atoms with van der Waals surface area (Å²) in [5, 5.41) is 4.27. The molecule has 0 radical (unpaired) electrons. The number of aryl methyl sites for hydroxylation is 3. The monoisotopic (exact) mass is 620 g/mol. The number of carbonyl (C=O) groups excluding carboxylic acids is 1. The highest BCUT2D eigenvalue weighted by molar-refractivity contribution is 7.92. The van der Waals surface area contributed by atoms with Gasteiger partial charge in [0.05, 0.1) is 36.0 Å². The van der Waals surface area contributed by atoms with Gasteiger partial charge in [0.2, 0.25) is 0 Å². The van der Waals surface area contributed by atoms with Crippen LogP contribution < -0.4 is 14.5 Å². The first-order valence-corrected chi connectivity index (χ1v) is 15.9. The van der Waals surface area contributed by atoms with E-state index >= 15 is 0 Å². The molecule has 0 fully saturated rings. The summed E-state index contributed by atoms with van der Waals surface area (Å²) in [4.78, 5) is 13.6. The number of ether oxygens (including phenoxy) is 1. The topological polar surface area (TPSA) is 93.0 Å². The molecule has 1 amide bonds. The lowest BCUT2D eigenvalue weighted by molar-refractivity contribution is 0.0955. The quantitative estimate of drug-likeness (QED) is 0.136.